The van der Waals surface area contributed by atoms with E-state index in [4.69, 9.17) is 12.2 Å². The highest BCUT2D eigenvalue weighted by molar-refractivity contribution is 8.27. The monoisotopic (exact) mass is 414 g/mol. The molecule has 1 aromatic heterocycles. The fourth-order valence-corrected chi connectivity index (χ4v) is 5.22. The molecule has 1 saturated heterocycles. The first kappa shape index (κ1) is 18.2. The number of nitrogens with zero attached hydrogens (tertiary/aromatic N) is 2. The van der Waals surface area contributed by atoms with Gasteiger partial charge in [0.05, 0.1) is 10.6 Å². The Morgan fingerprint density at radius 1 is 0.931 bits per heavy atom. The third-order valence-corrected chi connectivity index (χ3v) is 6.52. The standard InChI is InChI=1S/C24H18N2OS2/c1-2-25-20-11-7-6-10-18(20)19-14-16(12-13-21(19)25)15-22-23(27)26(24(28)29-22)17-8-4-3-5-9-17/h3-15H,2H2,1H3/b22-15+. The maximum Gasteiger partial charge on any atom is 0.270 e. The van der Waals surface area contributed by atoms with Crippen LogP contribution in [0.15, 0.2) is 77.7 Å². The maximum atomic E-state index is 13.0. The topological polar surface area (TPSA) is 25.2 Å². The number of anilines is 1. The number of aromatic nitrogens is 1. The van der Waals surface area contributed by atoms with E-state index in [1.807, 2.05) is 36.4 Å². The van der Waals surface area contributed by atoms with E-state index >= 15 is 0 Å². The van der Waals surface area contributed by atoms with E-state index in [2.05, 4.69) is 54.0 Å². The minimum atomic E-state index is -0.0673. The van der Waals surface area contributed by atoms with Crippen molar-refractivity contribution in [1.82, 2.24) is 4.57 Å². The normalized spacial score (nSPS) is 15.9. The van der Waals surface area contributed by atoms with Crippen LogP contribution >= 0.6 is 24.0 Å². The van der Waals surface area contributed by atoms with E-state index in [-0.39, 0.29) is 5.91 Å². The highest BCUT2D eigenvalue weighted by Gasteiger charge is 2.33. The molecule has 0 bridgehead atoms. The van der Waals surface area contributed by atoms with Gasteiger partial charge in [-0.2, -0.15) is 0 Å². The van der Waals surface area contributed by atoms with Gasteiger partial charge in [0.2, 0.25) is 0 Å². The highest BCUT2D eigenvalue weighted by Crippen LogP contribution is 2.37. The summed E-state index contributed by atoms with van der Waals surface area (Å²) < 4.78 is 2.89. The van der Waals surface area contributed by atoms with Gasteiger partial charge in [-0.25, -0.2) is 0 Å². The van der Waals surface area contributed by atoms with Gasteiger partial charge in [-0.15, -0.1) is 0 Å². The van der Waals surface area contributed by atoms with Crippen LogP contribution in [0.4, 0.5) is 5.69 Å². The van der Waals surface area contributed by atoms with Crippen LogP contribution in [0.3, 0.4) is 0 Å². The minimum absolute atomic E-state index is 0.0673. The lowest BCUT2D eigenvalue weighted by atomic mass is 10.1. The number of fused-ring (bicyclic) bond motifs is 3. The van der Waals surface area contributed by atoms with Crippen molar-refractivity contribution in [3.05, 3.63) is 83.3 Å². The fraction of sp³-hybridized carbons (Fsp3) is 0.0833. The van der Waals surface area contributed by atoms with Crippen LogP contribution in [0.25, 0.3) is 27.9 Å². The summed E-state index contributed by atoms with van der Waals surface area (Å²) in [5.74, 6) is -0.0673. The molecule has 0 aliphatic carbocycles. The van der Waals surface area contributed by atoms with Gasteiger partial charge in [-0.05, 0) is 48.9 Å². The number of benzene rings is 3. The molecule has 29 heavy (non-hydrogen) atoms. The minimum Gasteiger partial charge on any atom is -0.341 e. The number of amides is 1. The molecule has 1 aliphatic rings. The summed E-state index contributed by atoms with van der Waals surface area (Å²) in [6.45, 7) is 3.08. The van der Waals surface area contributed by atoms with Crippen LogP contribution in [-0.4, -0.2) is 14.8 Å². The number of aryl methyl sites for hydroxylation is 1. The first-order valence-corrected chi connectivity index (χ1v) is 10.7. The molecule has 1 fully saturated rings. The van der Waals surface area contributed by atoms with Crippen molar-refractivity contribution >= 4 is 67.8 Å². The average Bonchev–Trinajstić information content (AvgIpc) is 3.21. The molecule has 5 heteroatoms. The zero-order valence-electron chi connectivity index (χ0n) is 15.8. The van der Waals surface area contributed by atoms with Crippen molar-refractivity contribution in [3.63, 3.8) is 0 Å². The second-order valence-corrected chi connectivity index (χ2v) is 8.57. The number of carbonyl (C=O) groups excluding carboxylic acids is 1. The average molecular weight is 415 g/mol. The first-order valence-electron chi connectivity index (χ1n) is 9.51. The van der Waals surface area contributed by atoms with Crippen LogP contribution < -0.4 is 4.90 Å². The van der Waals surface area contributed by atoms with Crippen LogP contribution in [0.5, 0.6) is 0 Å². The van der Waals surface area contributed by atoms with Gasteiger partial charge >= 0.3 is 0 Å². The summed E-state index contributed by atoms with van der Waals surface area (Å²) in [6.07, 6.45) is 1.94. The summed E-state index contributed by atoms with van der Waals surface area (Å²) in [6, 6.07) is 24.4. The van der Waals surface area contributed by atoms with Crippen LogP contribution in [0, 0.1) is 0 Å². The van der Waals surface area contributed by atoms with Gasteiger partial charge in [-0.3, -0.25) is 9.69 Å². The van der Waals surface area contributed by atoms with E-state index in [1.54, 1.807) is 4.90 Å². The zero-order valence-corrected chi connectivity index (χ0v) is 17.5. The van der Waals surface area contributed by atoms with E-state index in [9.17, 15) is 4.79 Å². The number of carbonyl (C=O) groups is 1. The van der Waals surface area contributed by atoms with E-state index in [0.717, 1.165) is 17.8 Å². The lowest BCUT2D eigenvalue weighted by Crippen LogP contribution is -2.27. The van der Waals surface area contributed by atoms with Crippen molar-refractivity contribution in [1.29, 1.82) is 0 Å². The Kier molecular flexibility index (Phi) is 4.49. The predicted octanol–water partition coefficient (Wildman–Crippen LogP) is 6.22. The molecule has 4 aromatic rings. The Labute approximate surface area is 178 Å². The molecule has 1 aliphatic heterocycles. The smallest absolute Gasteiger partial charge is 0.270 e. The summed E-state index contributed by atoms with van der Waals surface area (Å²) >= 11 is 6.83. The van der Waals surface area contributed by atoms with Gasteiger partial charge in [-0.1, -0.05) is 66.4 Å². The number of thiocarbonyl (C=S) groups is 1. The SMILES string of the molecule is CCn1c2ccccc2c2cc(/C=C3/SC(=S)N(c4ccccc4)C3=O)ccc21. The highest BCUT2D eigenvalue weighted by atomic mass is 32.2. The molecule has 0 atom stereocenters. The van der Waals surface area contributed by atoms with Crippen LogP contribution in [-0.2, 0) is 11.3 Å². The summed E-state index contributed by atoms with van der Waals surface area (Å²) in [5, 5.41) is 2.44. The fourth-order valence-electron chi connectivity index (χ4n) is 3.92. The van der Waals surface area contributed by atoms with Crippen molar-refractivity contribution in [2.24, 2.45) is 0 Å². The third-order valence-electron chi connectivity index (χ3n) is 5.22. The Morgan fingerprint density at radius 2 is 1.66 bits per heavy atom. The molecule has 142 valence electrons. The predicted molar refractivity (Wildman–Crippen MR) is 127 cm³/mol. The molecule has 3 nitrogen and oxygen atoms in total. The van der Waals surface area contributed by atoms with Gasteiger partial charge in [0.1, 0.15) is 0 Å². The Balaban J connectivity index is 1.58. The number of para-hydroxylation sites is 2. The lowest BCUT2D eigenvalue weighted by molar-refractivity contribution is -0.113. The van der Waals surface area contributed by atoms with Crippen LogP contribution in [0.1, 0.15) is 12.5 Å². The summed E-state index contributed by atoms with van der Waals surface area (Å²) in [4.78, 5) is 15.2. The molecule has 1 amide bonds. The quantitative estimate of drug-likeness (QED) is 0.294. The van der Waals surface area contributed by atoms with Crippen molar-refractivity contribution in [2.75, 3.05) is 4.90 Å². The van der Waals surface area contributed by atoms with Gasteiger partial charge in [0, 0.05) is 28.4 Å². The molecular weight excluding hydrogens is 396 g/mol. The molecule has 5 rings (SSSR count). The van der Waals surface area contributed by atoms with Gasteiger partial charge in [0.15, 0.2) is 4.32 Å². The Hall–Kier alpha value is -2.89. The summed E-state index contributed by atoms with van der Waals surface area (Å²) in [7, 11) is 0. The summed E-state index contributed by atoms with van der Waals surface area (Å²) in [5.41, 5.74) is 4.25. The number of hydrogen-bond donors (Lipinski definition) is 0. The molecular formula is C24H18N2OS2. The number of hydrogen-bond acceptors (Lipinski definition) is 3. The van der Waals surface area contributed by atoms with Crippen molar-refractivity contribution in [2.45, 2.75) is 13.5 Å². The van der Waals surface area contributed by atoms with Gasteiger partial charge < -0.3 is 4.57 Å². The Bertz CT molecular complexity index is 1300. The largest absolute Gasteiger partial charge is 0.341 e. The van der Waals surface area contributed by atoms with E-state index < -0.39 is 0 Å². The van der Waals surface area contributed by atoms with Crippen molar-refractivity contribution in [3.8, 4) is 0 Å². The molecule has 0 N–H and O–H groups in total. The number of rotatable bonds is 3. The maximum absolute atomic E-state index is 13.0. The zero-order chi connectivity index (χ0) is 20.0. The molecule has 0 saturated carbocycles. The second kappa shape index (κ2) is 7.17. The molecule has 0 radical (unpaired) electrons. The Morgan fingerprint density at radius 3 is 2.45 bits per heavy atom. The molecule has 3 aromatic carbocycles. The van der Waals surface area contributed by atoms with E-state index in [0.29, 0.717) is 9.23 Å². The third kappa shape index (κ3) is 2.98. The second-order valence-electron chi connectivity index (χ2n) is 6.89. The lowest BCUT2D eigenvalue weighted by Gasteiger charge is -2.13. The first-order chi connectivity index (χ1) is 14.2. The van der Waals surface area contributed by atoms with Crippen LogP contribution in [0.2, 0.25) is 0 Å². The van der Waals surface area contributed by atoms with Gasteiger partial charge in [0.25, 0.3) is 5.91 Å². The molecule has 2 heterocycles. The molecule has 0 unspecified atom stereocenters. The molecule has 0 spiro atoms. The number of thioether (sulfide) groups is 1. The van der Waals surface area contributed by atoms with E-state index in [1.165, 1.54) is 33.6 Å². The van der Waals surface area contributed by atoms with Crippen molar-refractivity contribution < 1.29 is 4.79 Å².